The third kappa shape index (κ3) is 4.15. The van der Waals surface area contributed by atoms with Gasteiger partial charge in [0.2, 0.25) is 5.95 Å². The van der Waals surface area contributed by atoms with E-state index in [-0.39, 0.29) is 11.1 Å². The molecule has 0 unspecified atom stereocenters. The van der Waals surface area contributed by atoms with Gasteiger partial charge in [0.05, 0.1) is 6.33 Å². The van der Waals surface area contributed by atoms with E-state index in [1.807, 2.05) is 6.92 Å². The number of thioether (sulfide) groups is 1. The highest BCUT2D eigenvalue weighted by Gasteiger charge is 2.50. The summed E-state index contributed by atoms with van der Waals surface area (Å²) in [5.41, 5.74) is 6.36. The van der Waals surface area contributed by atoms with Crippen LogP contribution in [0.1, 0.15) is 27.0 Å². The molecule has 152 valence electrons. The van der Waals surface area contributed by atoms with E-state index in [1.165, 1.54) is 20.2 Å². The van der Waals surface area contributed by atoms with E-state index in [1.54, 1.807) is 16.3 Å². The van der Waals surface area contributed by atoms with Crippen LogP contribution in [0.2, 0.25) is 5.15 Å². The van der Waals surface area contributed by atoms with Crippen molar-refractivity contribution in [1.29, 1.82) is 0 Å². The number of aromatic nitrogens is 4. The molecule has 0 radical (unpaired) electrons. The normalized spacial score (nSPS) is 24.4. The van der Waals surface area contributed by atoms with E-state index in [0.717, 1.165) is 5.75 Å². The number of imidazole rings is 1. The summed E-state index contributed by atoms with van der Waals surface area (Å²) in [6.07, 6.45) is -1.54. The fourth-order valence-corrected chi connectivity index (χ4v) is 3.99. The molecule has 3 heterocycles. The molecule has 0 saturated carbocycles. The summed E-state index contributed by atoms with van der Waals surface area (Å²) in [5.74, 6) is 0.339. The van der Waals surface area contributed by atoms with Crippen molar-refractivity contribution in [2.75, 3.05) is 17.2 Å². The van der Waals surface area contributed by atoms with Crippen molar-refractivity contribution in [2.24, 2.45) is 0 Å². The van der Waals surface area contributed by atoms with Gasteiger partial charge in [0.15, 0.2) is 29.2 Å². The Kier molecular flexibility index (Phi) is 6.26. The van der Waals surface area contributed by atoms with Crippen molar-refractivity contribution in [3.05, 3.63) is 11.5 Å². The van der Waals surface area contributed by atoms with Gasteiger partial charge in [-0.3, -0.25) is 14.2 Å². The van der Waals surface area contributed by atoms with Crippen molar-refractivity contribution in [1.82, 2.24) is 19.5 Å². The summed E-state index contributed by atoms with van der Waals surface area (Å²) >= 11 is 7.71. The van der Waals surface area contributed by atoms with Gasteiger partial charge in [-0.1, -0.05) is 18.5 Å². The van der Waals surface area contributed by atoms with Gasteiger partial charge in [0.1, 0.15) is 11.6 Å². The lowest BCUT2D eigenvalue weighted by Gasteiger charge is -2.23. The van der Waals surface area contributed by atoms with E-state index in [0.29, 0.717) is 16.9 Å². The van der Waals surface area contributed by atoms with Gasteiger partial charge in [-0.05, 0) is 5.75 Å². The zero-order valence-corrected chi connectivity index (χ0v) is 17.1. The Balaban J connectivity index is 2.04. The smallest absolute Gasteiger partial charge is 0.303 e. The summed E-state index contributed by atoms with van der Waals surface area (Å²) in [4.78, 5) is 35.6. The number of nitrogen functional groups attached to an aromatic ring is 1. The van der Waals surface area contributed by atoms with E-state index < -0.39 is 36.5 Å². The van der Waals surface area contributed by atoms with Crippen LogP contribution >= 0.6 is 23.4 Å². The number of hydrogen-bond donors (Lipinski definition) is 1. The number of halogens is 1. The van der Waals surface area contributed by atoms with E-state index >= 15 is 0 Å². The molecule has 0 amide bonds. The highest BCUT2D eigenvalue weighted by Crippen LogP contribution is 2.37. The van der Waals surface area contributed by atoms with Gasteiger partial charge in [0.25, 0.3) is 0 Å². The fourth-order valence-electron chi connectivity index (χ4n) is 3.04. The molecule has 2 aromatic rings. The fraction of sp³-hybridized carbons (Fsp3) is 0.562. The lowest BCUT2D eigenvalue weighted by Crippen LogP contribution is -2.39. The number of nitrogens with zero attached hydrogens (tertiary/aromatic N) is 4. The molecule has 0 bridgehead atoms. The van der Waals surface area contributed by atoms with Crippen LogP contribution < -0.4 is 5.73 Å². The number of nitrogens with two attached hydrogens (primary N) is 1. The first-order valence-corrected chi connectivity index (χ1v) is 10.1. The summed E-state index contributed by atoms with van der Waals surface area (Å²) in [5, 5.41) is 0.0953. The Labute approximate surface area is 170 Å². The van der Waals surface area contributed by atoms with Crippen LogP contribution in [0.5, 0.6) is 0 Å². The van der Waals surface area contributed by atoms with Crippen molar-refractivity contribution in [2.45, 2.75) is 45.3 Å². The standard InChI is InChI=1S/C16H20ClN5O5S/c1-4-28-5-9-11(25-7(2)23)12(26-8(3)24)15(27-9)22-6-19-10-13(17)20-16(18)21-14(10)22/h6,9,11-12,15H,4-5H2,1-3H3,(H2,18,20,21)/t9-,11-,12-,15-/m1/s1. The quantitative estimate of drug-likeness (QED) is 0.533. The van der Waals surface area contributed by atoms with E-state index in [2.05, 4.69) is 15.0 Å². The Morgan fingerprint density at radius 2 is 1.96 bits per heavy atom. The van der Waals surface area contributed by atoms with Gasteiger partial charge in [0, 0.05) is 19.6 Å². The summed E-state index contributed by atoms with van der Waals surface area (Å²) in [6.45, 7) is 4.58. The maximum Gasteiger partial charge on any atom is 0.303 e. The molecule has 2 N–H and O–H groups in total. The van der Waals surface area contributed by atoms with Crippen molar-refractivity contribution < 1.29 is 23.8 Å². The summed E-state index contributed by atoms with van der Waals surface area (Å²) in [7, 11) is 0. The number of fused-ring (bicyclic) bond motifs is 1. The topological polar surface area (TPSA) is 131 Å². The molecule has 0 aromatic carbocycles. The number of hydrogen-bond acceptors (Lipinski definition) is 10. The van der Waals surface area contributed by atoms with Gasteiger partial charge in [-0.2, -0.15) is 21.7 Å². The predicted molar refractivity (Wildman–Crippen MR) is 103 cm³/mol. The van der Waals surface area contributed by atoms with Crippen molar-refractivity contribution in [3.8, 4) is 0 Å². The molecule has 1 saturated heterocycles. The van der Waals surface area contributed by atoms with Gasteiger partial charge >= 0.3 is 11.9 Å². The van der Waals surface area contributed by atoms with Gasteiger partial charge < -0.3 is 19.9 Å². The average Bonchev–Trinajstić information content (AvgIpc) is 3.15. The second-order valence-electron chi connectivity index (χ2n) is 6.07. The summed E-state index contributed by atoms with van der Waals surface area (Å²) in [6, 6.07) is 0. The van der Waals surface area contributed by atoms with Crippen molar-refractivity contribution in [3.63, 3.8) is 0 Å². The van der Waals surface area contributed by atoms with Crippen LogP contribution in [-0.4, -0.2) is 61.3 Å². The minimum absolute atomic E-state index is 0.0316. The molecule has 4 atom stereocenters. The third-order valence-corrected chi connectivity index (χ3v) is 5.28. The van der Waals surface area contributed by atoms with Gasteiger partial charge in [-0.25, -0.2) is 4.98 Å². The maximum atomic E-state index is 11.7. The zero-order valence-electron chi connectivity index (χ0n) is 15.5. The Morgan fingerprint density at radius 1 is 1.29 bits per heavy atom. The Hall–Kier alpha value is -2.11. The molecular weight excluding hydrogens is 410 g/mol. The lowest BCUT2D eigenvalue weighted by molar-refractivity contribution is -0.165. The van der Waals surface area contributed by atoms with Crippen LogP contribution in [-0.2, 0) is 23.8 Å². The second kappa shape index (κ2) is 8.50. The first-order chi connectivity index (χ1) is 13.3. The van der Waals surface area contributed by atoms with Crippen molar-refractivity contribution >= 4 is 52.4 Å². The van der Waals surface area contributed by atoms with Crippen LogP contribution in [0.4, 0.5) is 5.95 Å². The molecule has 1 aliphatic rings. The third-order valence-electron chi connectivity index (χ3n) is 4.05. The SMILES string of the molecule is CCSC[C@H]1O[C@@H](n2cnc3c(Cl)nc(N)nc32)[C@H](OC(C)=O)[C@@H]1OC(C)=O. The number of esters is 2. The number of rotatable bonds is 6. The molecule has 0 spiro atoms. The van der Waals surface area contributed by atoms with Crippen LogP contribution in [0, 0.1) is 0 Å². The molecule has 0 aliphatic carbocycles. The van der Waals surface area contributed by atoms with Crippen LogP contribution in [0.15, 0.2) is 6.33 Å². The monoisotopic (exact) mass is 429 g/mol. The molecule has 10 nitrogen and oxygen atoms in total. The first-order valence-electron chi connectivity index (χ1n) is 8.55. The lowest BCUT2D eigenvalue weighted by atomic mass is 10.1. The van der Waals surface area contributed by atoms with Crippen LogP contribution in [0.3, 0.4) is 0 Å². The highest BCUT2D eigenvalue weighted by atomic mass is 35.5. The number of ether oxygens (including phenoxy) is 3. The molecule has 1 fully saturated rings. The molecule has 2 aromatic heterocycles. The number of carbonyl (C=O) groups excluding carboxylic acids is 2. The largest absolute Gasteiger partial charge is 0.456 e. The molecule has 1 aliphatic heterocycles. The van der Waals surface area contributed by atoms with Gasteiger partial charge in [-0.15, -0.1) is 0 Å². The molecule has 28 heavy (non-hydrogen) atoms. The molecule has 3 rings (SSSR count). The number of anilines is 1. The Morgan fingerprint density at radius 3 is 2.61 bits per heavy atom. The Bertz CT molecular complexity index is 894. The minimum atomic E-state index is -0.892. The summed E-state index contributed by atoms with van der Waals surface area (Å²) < 4.78 is 18.6. The molecule has 12 heteroatoms. The number of carbonyl (C=O) groups is 2. The molecular formula is C16H20ClN5O5S. The van der Waals surface area contributed by atoms with Crippen LogP contribution in [0.25, 0.3) is 11.2 Å². The van der Waals surface area contributed by atoms with E-state index in [9.17, 15) is 9.59 Å². The van der Waals surface area contributed by atoms with E-state index in [4.69, 9.17) is 31.5 Å². The average molecular weight is 430 g/mol. The minimum Gasteiger partial charge on any atom is -0.456 e. The first kappa shape index (κ1) is 20.6. The predicted octanol–water partition coefficient (Wildman–Crippen LogP) is 1.58. The highest BCUT2D eigenvalue weighted by molar-refractivity contribution is 7.99. The second-order valence-corrected chi connectivity index (χ2v) is 7.75. The zero-order chi connectivity index (χ0) is 20.4. The maximum absolute atomic E-state index is 11.7.